The summed E-state index contributed by atoms with van der Waals surface area (Å²) in [7, 11) is 0. The van der Waals surface area contributed by atoms with Crippen LogP contribution in [0.15, 0.2) is 4.52 Å². The third-order valence-electron chi connectivity index (χ3n) is 4.52. The Hall–Kier alpha value is -1.68. The maximum absolute atomic E-state index is 12.1. The van der Waals surface area contributed by atoms with E-state index < -0.39 is 12.5 Å². The first kappa shape index (κ1) is 17.2. The van der Waals surface area contributed by atoms with Crippen LogP contribution >= 0.6 is 0 Å². The molecule has 3 rings (SSSR count). The minimum absolute atomic E-state index is 0.0751. The topological polar surface area (TPSA) is 103 Å². The quantitative estimate of drug-likeness (QED) is 0.840. The van der Waals surface area contributed by atoms with Gasteiger partial charge in [-0.15, -0.1) is 13.2 Å². The average molecular weight is 348 g/mol. The third kappa shape index (κ3) is 4.23. The summed E-state index contributed by atoms with van der Waals surface area (Å²) in [6.07, 6.45) is -3.08. The summed E-state index contributed by atoms with van der Waals surface area (Å²) in [6.45, 7) is 0.641. The number of nitrogens with two attached hydrogens (primary N) is 1. The minimum atomic E-state index is -4.61. The van der Waals surface area contributed by atoms with E-state index in [-0.39, 0.29) is 36.6 Å². The fraction of sp³-hybridized carbons (Fsp3) is 0.786. The van der Waals surface area contributed by atoms with Gasteiger partial charge in [0.1, 0.15) is 0 Å². The van der Waals surface area contributed by atoms with Crippen molar-refractivity contribution in [2.75, 3.05) is 6.54 Å². The predicted molar refractivity (Wildman–Crippen MR) is 74.5 cm³/mol. The number of nitrogens with zero attached hydrogens (tertiary/aromatic N) is 2. The van der Waals surface area contributed by atoms with Gasteiger partial charge in [0.25, 0.3) is 0 Å². The van der Waals surface area contributed by atoms with Crippen molar-refractivity contribution >= 4 is 5.91 Å². The van der Waals surface area contributed by atoms with Gasteiger partial charge in [0.2, 0.25) is 11.8 Å². The van der Waals surface area contributed by atoms with Crippen LogP contribution in [-0.2, 0) is 9.53 Å². The molecule has 0 aromatic carbocycles. The van der Waals surface area contributed by atoms with Crippen molar-refractivity contribution in [3.63, 3.8) is 0 Å². The summed E-state index contributed by atoms with van der Waals surface area (Å²) in [6, 6.07) is -0.0751. The number of alkyl halides is 3. The second kappa shape index (κ2) is 6.67. The van der Waals surface area contributed by atoms with Crippen molar-refractivity contribution in [2.24, 2.45) is 11.7 Å². The van der Waals surface area contributed by atoms with Gasteiger partial charge in [-0.05, 0) is 38.1 Å². The summed E-state index contributed by atoms with van der Waals surface area (Å²) in [5.74, 6) is 0.556. The molecule has 0 radical (unpaired) electrons. The lowest BCUT2D eigenvalue weighted by Gasteiger charge is -2.32. The molecular weight excluding hydrogens is 329 g/mol. The lowest BCUT2D eigenvalue weighted by molar-refractivity contribution is -0.352. The molecule has 1 aromatic rings. The van der Waals surface area contributed by atoms with E-state index in [4.69, 9.17) is 10.3 Å². The van der Waals surface area contributed by atoms with Crippen molar-refractivity contribution in [1.82, 2.24) is 15.5 Å². The lowest BCUT2D eigenvalue weighted by atomic mass is 9.82. The first-order chi connectivity index (χ1) is 11.3. The highest BCUT2D eigenvalue weighted by atomic mass is 19.4. The van der Waals surface area contributed by atoms with Crippen LogP contribution in [0.5, 0.6) is 0 Å². The lowest BCUT2D eigenvalue weighted by Crippen LogP contribution is -2.36. The zero-order chi connectivity index (χ0) is 17.3. The normalized spacial score (nSPS) is 30.8. The third-order valence-corrected chi connectivity index (χ3v) is 4.52. The molecule has 2 atom stereocenters. The number of primary amides is 1. The summed E-state index contributed by atoms with van der Waals surface area (Å²) < 4.78 is 45.4. The smallest absolute Gasteiger partial charge is 0.370 e. The molecule has 0 bridgehead atoms. The number of rotatable bonds is 5. The summed E-state index contributed by atoms with van der Waals surface area (Å²) in [5.41, 5.74) is 5.19. The molecular formula is C14H19F3N4O3. The van der Waals surface area contributed by atoms with Crippen LogP contribution in [0.4, 0.5) is 13.2 Å². The minimum Gasteiger partial charge on any atom is -0.370 e. The number of hydrogen-bond acceptors (Lipinski definition) is 6. The van der Waals surface area contributed by atoms with E-state index in [0.717, 1.165) is 12.8 Å². The van der Waals surface area contributed by atoms with Crippen molar-refractivity contribution in [1.29, 1.82) is 0 Å². The van der Waals surface area contributed by atoms with Crippen LogP contribution in [-0.4, -0.2) is 35.1 Å². The summed E-state index contributed by atoms with van der Waals surface area (Å²) in [4.78, 5) is 15.2. The first-order valence-electron chi connectivity index (χ1n) is 7.90. The molecule has 1 saturated carbocycles. The van der Waals surface area contributed by atoms with Crippen molar-refractivity contribution in [2.45, 2.75) is 56.5 Å². The SMILES string of the molecule is NC(=O)C[C@@H]1CC[C@H](c2noc(C3CC(OC(F)(F)F)C3)n2)NC1. The Bertz CT molecular complexity index is 578. The molecule has 1 aromatic heterocycles. The van der Waals surface area contributed by atoms with E-state index in [2.05, 4.69) is 20.2 Å². The van der Waals surface area contributed by atoms with Gasteiger partial charge in [-0.1, -0.05) is 5.16 Å². The Balaban J connectivity index is 1.48. The number of hydrogen-bond donors (Lipinski definition) is 2. The maximum atomic E-state index is 12.1. The number of nitrogens with one attached hydrogen (secondary N) is 1. The Labute approximate surface area is 136 Å². The monoisotopic (exact) mass is 348 g/mol. The van der Waals surface area contributed by atoms with Crippen LogP contribution in [0.1, 0.15) is 55.8 Å². The number of aromatic nitrogens is 2. The standard InChI is InChI=1S/C14H19F3N4O3/c15-14(16,17)23-9-4-8(5-9)13-20-12(21-24-13)10-2-1-7(6-19-10)3-11(18)22/h7-10,19H,1-6H2,(H2,18,22)/t7-,8?,9?,10+/m0/s1. The number of carbonyl (C=O) groups excluding carboxylic acids is 1. The molecule has 1 saturated heterocycles. The highest BCUT2D eigenvalue weighted by Crippen LogP contribution is 2.41. The molecule has 3 N–H and O–H groups in total. The Morgan fingerprint density at radius 3 is 2.71 bits per heavy atom. The summed E-state index contributed by atoms with van der Waals surface area (Å²) in [5, 5.41) is 7.18. The van der Waals surface area contributed by atoms with Crippen molar-refractivity contribution in [3.8, 4) is 0 Å². The highest BCUT2D eigenvalue weighted by Gasteiger charge is 2.42. The number of amides is 1. The van der Waals surface area contributed by atoms with Gasteiger partial charge >= 0.3 is 6.36 Å². The van der Waals surface area contributed by atoms with E-state index in [0.29, 0.717) is 24.7 Å². The van der Waals surface area contributed by atoms with Crippen LogP contribution in [0.3, 0.4) is 0 Å². The summed E-state index contributed by atoms with van der Waals surface area (Å²) >= 11 is 0. The Kier molecular flexibility index (Phi) is 4.77. The van der Waals surface area contributed by atoms with E-state index >= 15 is 0 Å². The van der Waals surface area contributed by atoms with Gasteiger partial charge in [0.05, 0.1) is 12.1 Å². The zero-order valence-corrected chi connectivity index (χ0v) is 12.9. The van der Waals surface area contributed by atoms with Gasteiger partial charge in [0.15, 0.2) is 5.82 Å². The molecule has 2 fully saturated rings. The Morgan fingerprint density at radius 1 is 1.38 bits per heavy atom. The van der Waals surface area contributed by atoms with Gasteiger partial charge in [-0.2, -0.15) is 4.98 Å². The largest absolute Gasteiger partial charge is 0.522 e. The van der Waals surface area contributed by atoms with E-state index in [9.17, 15) is 18.0 Å². The maximum Gasteiger partial charge on any atom is 0.522 e. The van der Waals surface area contributed by atoms with Crippen LogP contribution in [0, 0.1) is 5.92 Å². The fourth-order valence-corrected chi connectivity index (χ4v) is 3.20. The Morgan fingerprint density at radius 2 is 2.12 bits per heavy atom. The molecule has 1 amide bonds. The van der Waals surface area contributed by atoms with Gasteiger partial charge in [-0.3, -0.25) is 9.53 Å². The first-order valence-corrected chi connectivity index (χ1v) is 7.90. The van der Waals surface area contributed by atoms with Crippen molar-refractivity contribution in [3.05, 3.63) is 11.7 Å². The molecule has 2 heterocycles. The molecule has 1 aliphatic heterocycles. The molecule has 7 nitrogen and oxygen atoms in total. The van der Waals surface area contributed by atoms with Crippen molar-refractivity contribution < 1.29 is 27.2 Å². The molecule has 134 valence electrons. The van der Waals surface area contributed by atoms with E-state index in [1.807, 2.05) is 0 Å². The molecule has 2 aliphatic rings. The molecule has 0 spiro atoms. The molecule has 10 heteroatoms. The number of piperidine rings is 1. The molecule has 0 unspecified atom stereocenters. The predicted octanol–water partition coefficient (Wildman–Crippen LogP) is 1.77. The van der Waals surface area contributed by atoms with Gasteiger partial charge in [-0.25, -0.2) is 0 Å². The van der Waals surface area contributed by atoms with E-state index in [1.54, 1.807) is 0 Å². The zero-order valence-electron chi connectivity index (χ0n) is 12.9. The number of halogens is 3. The van der Waals surface area contributed by atoms with Gasteiger partial charge < -0.3 is 15.6 Å². The van der Waals surface area contributed by atoms with E-state index in [1.165, 1.54) is 0 Å². The molecule has 1 aliphatic carbocycles. The number of ether oxygens (including phenoxy) is 1. The van der Waals surface area contributed by atoms with Crippen LogP contribution < -0.4 is 11.1 Å². The fourth-order valence-electron chi connectivity index (χ4n) is 3.20. The second-order valence-corrected chi connectivity index (χ2v) is 6.42. The molecule has 24 heavy (non-hydrogen) atoms. The second-order valence-electron chi connectivity index (χ2n) is 6.42. The van der Waals surface area contributed by atoms with Crippen LogP contribution in [0.25, 0.3) is 0 Å². The van der Waals surface area contributed by atoms with Gasteiger partial charge in [0, 0.05) is 12.3 Å². The van der Waals surface area contributed by atoms with Crippen LogP contribution in [0.2, 0.25) is 0 Å². The average Bonchev–Trinajstić information content (AvgIpc) is 2.91. The number of carbonyl (C=O) groups is 1. The highest BCUT2D eigenvalue weighted by molar-refractivity contribution is 5.74.